The second kappa shape index (κ2) is 13.6. The number of H-pyrrole nitrogens is 1. The predicted molar refractivity (Wildman–Crippen MR) is 162 cm³/mol. The maximum Gasteiger partial charge on any atom is 0.251 e. The number of hydrogen-bond donors (Lipinski definition) is 4. The van der Waals surface area contributed by atoms with Crippen LogP contribution in [0.2, 0.25) is 0 Å². The number of rotatable bonds is 8. The summed E-state index contributed by atoms with van der Waals surface area (Å²) in [6.07, 6.45) is 5.07. The van der Waals surface area contributed by atoms with Gasteiger partial charge in [0.05, 0.1) is 17.4 Å². The Hall–Kier alpha value is -4.26. The van der Waals surface area contributed by atoms with Crippen LogP contribution >= 0.6 is 12.4 Å². The lowest BCUT2D eigenvalue weighted by Gasteiger charge is -2.32. The largest absolute Gasteiger partial charge is 0.368 e. The molecule has 12 nitrogen and oxygen atoms in total. The molecule has 220 valence electrons. The first-order chi connectivity index (χ1) is 19.8. The van der Waals surface area contributed by atoms with E-state index >= 15 is 0 Å². The molecule has 13 heteroatoms. The molecule has 1 atom stereocenters. The van der Waals surface area contributed by atoms with E-state index in [2.05, 4.69) is 30.6 Å². The summed E-state index contributed by atoms with van der Waals surface area (Å²) >= 11 is 0. The van der Waals surface area contributed by atoms with E-state index in [1.165, 1.54) is 4.90 Å². The third-order valence-electron chi connectivity index (χ3n) is 7.75. The van der Waals surface area contributed by atoms with Gasteiger partial charge in [0.15, 0.2) is 5.82 Å². The molecule has 1 fully saturated rings. The number of nitrogens with two attached hydrogens (primary N) is 3. The van der Waals surface area contributed by atoms with Crippen LogP contribution in [-0.4, -0.2) is 55.0 Å². The molecule has 1 saturated carbocycles. The first kappa shape index (κ1) is 30.7. The number of imide groups is 1. The molecule has 0 radical (unpaired) electrons. The molecule has 2 heterocycles. The topological polar surface area (TPSA) is 196 Å². The molecular formula is C29H35ClN10O2. The molecule has 42 heavy (non-hydrogen) atoms. The number of benzene rings is 2. The summed E-state index contributed by atoms with van der Waals surface area (Å²) in [5, 5.41) is 13.8. The second-order valence-electron chi connectivity index (χ2n) is 10.5. The Balaban J connectivity index is 0.00000405. The lowest BCUT2D eigenvalue weighted by molar-refractivity contribution is -0.130. The van der Waals surface area contributed by atoms with Crippen molar-refractivity contribution < 1.29 is 9.59 Å². The van der Waals surface area contributed by atoms with E-state index in [9.17, 15) is 9.59 Å². The van der Waals surface area contributed by atoms with Gasteiger partial charge in [-0.2, -0.15) is 0 Å². The van der Waals surface area contributed by atoms with Crippen LogP contribution in [0.3, 0.4) is 0 Å². The minimum atomic E-state index is -0.926. The molecule has 7 N–H and O–H groups in total. The minimum Gasteiger partial charge on any atom is -0.368 e. The summed E-state index contributed by atoms with van der Waals surface area (Å²) in [6, 6.07) is 13.7. The van der Waals surface area contributed by atoms with Crippen LogP contribution < -0.4 is 22.1 Å². The van der Waals surface area contributed by atoms with Crippen molar-refractivity contribution in [2.45, 2.75) is 45.1 Å². The van der Waals surface area contributed by atoms with E-state index < -0.39 is 11.9 Å². The molecule has 1 aliphatic rings. The van der Waals surface area contributed by atoms with Crippen LogP contribution in [0, 0.1) is 18.8 Å². The van der Waals surface area contributed by atoms with Crippen molar-refractivity contribution in [3.05, 3.63) is 66.0 Å². The van der Waals surface area contributed by atoms with Gasteiger partial charge in [0.1, 0.15) is 0 Å². The number of nitrogen functional groups attached to an aromatic ring is 1. The van der Waals surface area contributed by atoms with Crippen molar-refractivity contribution >= 4 is 35.9 Å². The van der Waals surface area contributed by atoms with Crippen LogP contribution in [0.5, 0.6) is 0 Å². The Kier molecular flexibility index (Phi) is 9.94. The molecule has 0 bridgehead atoms. The van der Waals surface area contributed by atoms with Gasteiger partial charge in [0.2, 0.25) is 11.9 Å². The number of hydrogen-bond acceptors (Lipinski definition) is 10. The number of nitrogens with one attached hydrogen (secondary N) is 1. The van der Waals surface area contributed by atoms with Gasteiger partial charge in [-0.3, -0.25) is 9.59 Å². The molecule has 5 rings (SSSR count). The molecule has 4 aromatic rings. The Morgan fingerprint density at radius 2 is 1.69 bits per heavy atom. The highest BCUT2D eigenvalue weighted by Crippen LogP contribution is 2.32. The van der Waals surface area contributed by atoms with Gasteiger partial charge < -0.3 is 17.2 Å². The summed E-state index contributed by atoms with van der Waals surface area (Å²) in [5.41, 5.74) is 22.6. The monoisotopic (exact) mass is 590 g/mol. The Morgan fingerprint density at radius 1 is 1.02 bits per heavy atom. The van der Waals surface area contributed by atoms with Gasteiger partial charge in [-0.1, -0.05) is 24.3 Å². The molecule has 0 unspecified atom stereocenters. The summed E-state index contributed by atoms with van der Waals surface area (Å²) in [6.45, 7) is 2.48. The van der Waals surface area contributed by atoms with Crippen LogP contribution in [0.25, 0.3) is 22.5 Å². The SMILES string of the molecule is Cc1nc(N)ncc1-c1ccc(C[C@H](N)C(=O)N(c2ccc(-c3nnn[nH]3)cc2)C(=O)[C@H]2CC[C@H](CN)CC2)cc1.Cl. The number of amides is 2. The number of carbonyl (C=O) groups is 2. The molecule has 2 aromatic carbocycles. The van der Waals surface area contributed by atoms with Crippen LogP contribution in [0.4, 0.5) is 11.6 Å². The van der Waals surface area contributed by atoms with Crippen molar-refractivity contribution in [1.82, 2.24) is 30.6 Å². The van der Waals surface area contributed by atoms with Crippen LogP contribution in [-0.2, 0) is 16.0 Å². The maximum absolute atomic E-state index is 13.8. The number of nitrogens with zero attached hydrogens (tertiary/aromatic N) is 6. The zero-order chi connectivity index (χ0) is 28.9. The highest BCUT2D eigenvalue weighted by molar-refractivity contribution is 6.17. The highest BCUT2D eigenvalue weighted by Gasteiger charge is 2.35. The van der Waals surface area contributed by atoms with Crippen molar-refractivity contribution in [3.8, 4) is 22.5 Å². The zero-order valence-corrected chi connectivity index (χ0v) is 24.1. The van der Waals surface area contributed by atoms with Gasteiger partial charge in [0.25, 0.3) is 5.91 Å². The molecule has 0 saturated heterocycles. The molecule has 0 aliphatic heterocycles. The van der Waals surface area contributed by atoms with Crippen molar-refractivity contribution in [1.29, 1.82) is 0 Å². The Labute approximate surface area is 249 Å². The number of aromatic amines is 1. The number of tetrazole rings is 1. The van der Waals surface area contributed by atoms with Gasteiger partial charge in [0, 0.05) is 23.2 Å². The van der Waals surface area contributed by atoms with Crippen molar-refractivity contribution in [2.75, 3.05) is 17.2 Å². The predicted octanol–water partition coefficient (Wildman–Crippen LogP) is 2.83. The standard InChI is InChI=1S/C29H34N10O2.ClH/c1-17-24(16-33-29(32)34-17)20-6-2-18(3-7-20)14-25(31)28(41)39(27(40)22-8-4-19(15-30)5-9-22)23-12-10-21(11-13-23)26-35-37-38-36-26;/h2-3,6-7,10-13,16,19,22,25H,4-5,8-9,14-15,30-31H2,1H3,(H2,32,33,34)(H,35,36,37,38);1H/t19-,22-,25-;/m0./s1. The fourth-order valence-corrected chi connectivity index (χ4v) is 5.34. The third-order valence-corrected chi connectivity index (χ3v) is 7.75. The van der Waals surface area contributed by atoms with Gasteiger partial charge in [-0.05, 0) is 97.3 Å². The van der Waals surface area contributed by atoms with E-state index in [0.717, 1.165) is 40.8 Å². The zero-order valence-electron chi connectivity index (χ0n) is 23.3. The third kappa shape index (κ3) is 6.78. The van der Waals surface area contributed by atoms with Gasteiger partial charge in [-0.25, -0.2) is 20.0 Å². The fraction of sp³-hybridized carbons (Fsp3) is 0.345. The summed E-state index contributed by atoms with van der Waals surface area (Å²) in [4.78, 5) is 37.2. The Morgan fingerprint density at radius 3 is 2.29 bits per heavy atom. The fourth-order valence-electron chi connectivity index (χ4n) is 5.34. The quantitative estimate of drug-likeness (QED) is 0.237. The first-order valence-electron chi connectivity index (χ1n) is 13.7. The van der Waals surface area contributed by atoms with E-state index in [4.69, 9.17) is 17.2 Å². The number of anilines is 2. The number of halogens is 1. The van der Waals surface area contributed by atoms with E-state index in [1.54, 1.807) is 30.5 Å². The Bertz CT molecular complexity index is 1490. The lowest BCUT2D eigenvalue weighted by atomic mass is 9.81. The van der Waals surface area contributed by atoms with E-state index in [0.29, 0.717) is 36.8 Å². The van der Waals surface area contributed by atoms with Gasteiger partial charge >= 0.3 is 0 Å². The normalized spacial score (nSPS) is 17.2. The summed E-state index contributed by atoms with van der Waals surface area (Å²) < 4.78 is 0. The first-order valence-corrected chi connectivity index (χ1v) is 13.7. The van der Waals surface area contributed by atoms with Crippen LogP contribution in [0.1, 0.15) is 36.9 Å². The minimum absolute atomic E-state index is 0. The second-order valence-corrected chi connectivity index (χ2v) is 10.5. The summed E-state index contributed by atoms with van der Waals surface area (Å²) in [7, 11) is 0. The summed E-state index contributed by atoms with van der Waals surface area (Å²) in [5.74, 6) is 0.176. The maximum atomic E-state index is 13.8. The average molecular weight is 591 g/mol. The lowest BCUT2D eigenvalue weighted by Crippen LogP contribution is -2.50. The molecule has 1 aliphatic carbocycles. The van der Waals surface area contributed by atoms with Gasteiger partial charge in [-0.15, -0.1) is 17.5 Å². The number of aromatic nitrogens is 6. The number of aryl methyl sites for hydroxylation is 1. The van der Waals surface area contributed by atoms with Crippen molar-refractivity contribution in [2.24, 2.45) is 23.3 Å². The molecule has 0 spiro atoms. The van der Waals surface area contributed by atoms with E-state index in [1.807, 2.05) is 31.2 Å². The van der Waals surface area contributed by atoms with E-state index in [-0.39, 0.29) is 36.6 Å². The van der Waals surface area contributed by atoms with Crippen molar-refractivity contribution in [3.63, 3.8) is 0 Å². The average Bonchev–Trinajstić information content (AvgIpc) is 3.53. The molecular weight excluding hydrogens is 556 g/mol. The van der Waals surface area contributed by atoms with Crippen LogP contribution in [0.15, 0.2) is 54.7 Å². The molecule has 2 aromatic heterocycles. The number of carbonyl (C=O) groups excluding carboxylic acids is 2. The highest BCUT2D eigenvalue weighted by atomic mass is 35.5. The smallest absolute Gasteiger partial charge is 0.251 e. The molecule has 2 amide bonds.